The maximum Gasteiger partial charge on any atom is 0.214 e. The molecule has 0 saturated heterocycles. The van der Waals surface area contributed by atoms with E-state index in [-0.39, 0.29) is 5.78 Å². The smallest absolute Gasteiger partial charge is 0.214 e. The molecule has 0 spiro atoms. The first-order chi connectivity index (χ1) is 9.24. The van der Waals surface area contributed by atoms with Crippen molar-refractivity contribution < 1.29 is 4.79 Å². The molecule has 19 heavy (non-hydrogen) atoms. The van der Waals surface area contributed by atoms with E-state index in [1.807, 2.05) is 18.2 Å². The van der Waals surface area contributed by atoms with Crippen molar-refractivity contribution in [3.05, 3.63) is 52.8 Å². The molecule has 4 rings (SSSR count). The maximum absolute atomic E-state index is 12.2. The van der Waals surface area contributed by atoms with Crippen molar-refractivity contribution in [2.45, 2.75) is 0 Å². The summed E-state index contributed by atoms with van der Waals surface area (Å²) in [6.07, 6.45) is 0. The number of aromatic nitrogens is 3. The minimum atomic E-state index is -0.0880. The molecule has 2 aromatic heterocycles. The fraction of sp³-hybridized carbons (Fsp3) is 0. The number of halogens is 1. The third-order valence-corrected chi connectivity index (χ3v) is 3.35. The van der Waals surface area contributed by atoms with Gasteiger partial charge in [-0.2, -0.15) is 0 Å². The number of fused-ring (bicyclic) bond motifs is 4. The molecule has 90 valence electrons. The van der Waals surface area contributed by atoms with Gasteiger partial charge in [-0.3, -0.25) is 4.79 Å². The highest BCUT2D eigenvalue weighted by Gasteiger charge is 2.29. The summed E-state index contributed by atoms with van der Waals surface area (Å²) in [5.74, 6) is -0.0880. The van der Waals surface area contributed by atoms with Crippen molar-refractivity contribution in [3.8, 4) is 11.3 Å². The van der Waals surface area contributed by atoms with Crippen LogP contribution < -0.4 is 0 Å². The Kier molecular flexibility index (Phi) is 2.00. The summed E-state index contributed by atoms with van der Waals surface area (Å²) >= 11 is 5.85. The van der Waals surface area contributed by atoms with E-state index < -0.39 is 0 Å². The van der Waals surface area contributed by atoms with Gasteiger partial charge in [0, 0.05) is 11.1 Å². The summed E-state index contributed by atoms with van der Waals surface area (Å²) in [4.78, 5) is 25.2. The molecule has 4 nitrogen and oxygen atoms in total. The number of hydrogen-bond donors (Lipinski definition) is 0. The number of carbonyl (C=O) groups is 1. The molecule has 1 aromatic carbocycles. The van der Waals surface area contributed by atoms with Gasteiger partial charge >= 0.3 is 0 Å². The average Bonchev–Trinajstić information content (AvgIpc) is 2.70. The molecule has 5 heteroatoms. The fourth-order valence-electron chi connectivity index (χ4n) is 2.28. The minimum Gasteiger partial charge on any atom is -0.287 e. The second kappa shape index (κ2) is 3.59. The highest BCUT2D eigenvalue weighted by atomic mass is 35.5. The van der Waals surface area contributed by atoms with Crippen LogP contribution in [0, 0.1) is 0 Å². The van der Waals surface area contributed by atoms with Gasteiger partial charge in [-0.05, 0) is 12.1 Å². The van der Waals surface area contributed by atoms with Gasteiger partial charge in [-0.1, -0.05) is 35.9 Å². The van der Waals surface area contributed by atoms with Gasteiger partial charge in [-0.15, -0.1) is 0 Å². The zero-order chi connectivity index (χ0) is 13.0. The van der Waals surface area contributed by atoms with Crippen LogP contribution in [0.1, 0.15) is 16.1 Å². The van der Waals surface area contributed by atoms with Crippen LogP contribution in [0.25, 0.3) is 22.4 Å². The number of ketones is 1. The summed E-state index contributed by atoms with van der Waals surface area (Å²) in [6, 6.07) is 10.7. The summed E-state index contributed by atoms with van der Waals surface area (Å²) in [6.45, 7) is 0. The van der Waals surface area contributed by atoms with E-state index in [4.69, 9.17) is 11.6 Å². The summed E-state index contributed by atoms with van der Waals surface area (Å²) in [7, 11) is 0. The third-order valence-electron chi connectivity index (χ3n) is 3.14. The molecule has 0 unspecified atom stereocenters. The van der Waals surface area contributed by atoms with E-state index in [9.17, 15) is 4.79 Å². The predicted octanol–water partition coefficient (Wildman–Crippen LogP) is 2.89. The van der Waals surface area contributed by atoms with E-state index >= 15 is 0 Å². The van der Waals surface area contributed by atoms with E-state index in [1.165, 1.54) is 0 Å². The predicted molar refractivity (Wildman–Crippen MR) is 71.2 cm³/mol. The SMILES string of the molecule is O=C1c2ccccc2-c2nc3nc(Cl)ccc3nc21. The second-order valence-corrected chi connectivity index (χ2v) is 4.66. The lowest BCUT2D eigenvalue weighted by Crippen LogP contribution is -2.00. The summed E-state index contributed by atoms with van der Waals surface area (Å²) in [5.41, 5.74) is 3.44. The molecular weight excluding hydrogens is 262 g/mol. The van der Waals surface area contributed by atoms with Crippen LogP contribution in [0.2, 0.25) is 5.15 Å². The molecule has 0 amide bonds. The number of nitrogens with zero attached hydrogens (tertiary/aromatic N) is 3. The second-order valence-electron chi connectivity index (χ2n) is 4.27. The molecule has 0 fully saturated rings. The van der Waals surface area contributed by atoms with Gasteiger partial charge in [0.15, 0.2) is 5.65 Å². The Hall–Kier alpha value is -2.33. The van der Waals surface area contributed by atoms with Crippen LogP contribution >= 0.6 is 11.6 Å². The topological polar surface area (TPSA) is 55.7 Å². The van der Waals surface area contributed by atoms with E-state index in [1.54, 1.807) is 18.2 Å². The number of rotatable bonds is 0. The lowest BCUT2D eigenvalue weighted by Gasteiger charge is -2.01. The van der Waals surface area contributed by atoms with Gasteiger partial charge in [0.1, 0.15) is 22.1 Å². The monoisotopic (exact) mass is 267 g/mol. The van der Waals surface area contributed by atoms with Crippen molar-refractivity contribution in [3.63, 3.8) is 0 Å². The summed E-state index contributed by atoms with van der Waals surface area (Å²) in [5, 5.41) is 0.361. The van der Waals surface area contributed by atoms with E-state index in [0.717, 1.165) is 5.56 Å². The Bertz CT molecular complexity index is 860. The van der Waals surface area contributed by atoms with Gasteiger partial charge in [0.05, 0.1) is 0 Å². The van der Waals surface area contributed by atoms with Crippen LogP contribution in [-0.2, 0) is 0 Å². The van der Waals surface area contributed by atoms with Crippen molar-refractivity contribution in [1.29, 1.82) is 0 Å². The van der Waals surface area contributed by atoms with Crippen molar-refractivity contribution in [2.75, 3.05) is 0 Å². The van der Waals surface area contributed by atoms with E-state index in [0.29, 0.717) is 33.3 Å². The molecule has 0 N–H and O–H groups in total. The van der Waals surface area contributed by atoms with Gasteiger partial charge in [-0.25, -0.2) is 15.0 Å². The zero-order valence-corrected chi connectivity index (χ0v) is 10.3. The molecule has 0 saturated carbocycles. The molecule has 2 heterocycles. The highest BCUT2D eigenvalue weighted by Crippen LogP contribution is 2.34. The first-order valence-corrected chi connectivity index (χ1v) is 6.10. The molecule has 0 aliphatic heterocycles. The molecule has 0 bridgehead atoms. The lowest BCUT2D eigenvalue weighted by atomic mass is 10.1. The van der Waals surface area contributed by atoms with Crippen molar-refractivity contribution >= 4 is 28.5 Å². The first kappa shape index (κ1) is 10.6. The minimum absolute atomic E-state index is 0.0880. The molecule has 1 aliphatic carbocycles. The lowest BCUT2D eigenvalue weighted by molar-refractivity contribution is 0.103. The Morgan fingerprint density at radius 3 is 2.47 bits per heavy atom. The Morgan fingerprint density at radius 2 is 1.63 bits per heavy atom. The van der Waals surface area contributed by atoms with Gasteiger partial charge in [0.25, 0.3) is 0 Å². The normalized spacial score (nSPS) is 12.6. The third kappa shape index (κ3) is 1.40. The highest BCUT2D eigenvalue weighted by molar-refractivity contribution is 6.29. The molecule has 3 aromatic rings. The Balaban J connectivity index is 2.11. The standard InChI is InChI=1S/C14H6ClN3O/c15-10-6-5-9-14(17-10)18-11-7-3-1-2-4-8(7)13(19)12(11)16-9/h1-6H. The molecule has 1 aliphatic rings. The molecular formula is C14H6ClN3O. The quantitative estimate of drug-likeness (QED) is 0.460. The van der Waals surface area contributed by atoms with Crippen LogP contribution in [0.4, 0.5) is 0 Å². The molecule has 0 atom stereocenters. The Labute approximate surface area is 113 Å². The van der Waals surface area contributed by atoms with Crippen LogP contribution in [0.5, 0.6) is 0 Å². The number of carbonyl (C=O) groups excluding carboxylic acids is 1. The van der Waals surface area contributed by atoms with E-state index in [2.05, 4.69) is 15.0 Å². The number of pyridine rings is 1. The average molecular weight is 268 g/mol. The Morgan fingerprint density at radius 1 is 0.842 bits per heavy atom. The van der Waals surface area contributed by atoms with Gasteiger partial charge < -0.3 is 0 Å². The van der Waals surface area contributed by atoms with Crippen LogP contribution in [0.15, 0.2) is 36.4 Å². The zero-order valence-electron chi connectivity index (χ0n) is 9.59. The maximum atomic E-state index is 12.2. The number of hydrogen-bond acceptors (Lipinski definition) is 4. The van der Waals surface area contributed by atoms with Crippen LogP contribution in [0.3, 0.4) is 0 Å². The van der Waals surface area contributed by atoms with Gasteiger partial charge in [0.2, 0.25) is 5.78 Å². The molecule has 0 radical (unpaired) electrons. The van der Waals surface area contributed by atoms with Crippen molar-refractivity contribution in [2.24, 2.45) is 0 Å². The fourth-order valence-corrected chi connectivity index (χ4v) is 2.42. The summed E-state index contributed by atoms with van der Waals surface area (Å²) < 4.78 is 0. The first-order valence-electron chi connectivity index (χ1n) is 5.72. The largest absolute Gasteiger partial charge is 0.287 e. The van der Waals surface area contributed by atoms with Crippen molar-refractivity contribution in [1.82, 2.24) is 15.0 Å². The van der Waals surface area contributed by atoms with Crippen LogP contribution in [-0.4, -0.2) is 20.7 Å². The number of benzene rings is 1.